The summed E-state index contributed by atoms with van der Waals surface area (Å²) in [6.45, 7) is 2.28. The minimum Gasteiger partial charge on any atom is -0.383 e. The molecule has 0 unspecified atom stereocenters. The van der Waals surface area contributed by atoms with E-state index in [4.69, 9.17) is 10.5 Å². The molecule has 4 aromatic rings. The summed E-state index contributed by atoms with van der Waals surface area (Å²) in [6.07, 6.45) is 1.34. The van der Waals surface area contributed by atoms with Gasteiger partial charge in [0.2, 0.25) is 0 Å². The normalized spacial score (nSPS) is 10.9. The molecule has 7 heteroatoms. The first kappa shape index (κ1) is 24.4. The number of carbonyl (C=O) groups is 1. The van der Waals surface area contributed by atoms with Gasteiger partial charge in [0.05, 0.1) is 12.3 Å². The van der Waals surface area contributed by atoms with Crippen molar-refractivity contribution in [3.8, 4) is 0 Å². The number of nitrogen functional groups attached to an aromatic ring is 1. The van der Waals surface area contributed by atoms with Gasteiger partial charge in [0.15, 0.2) is 0 Å². The molecule has 0 spiro atoms. The molecule has 0 saturated carbocycles. The van der Waals surface area contributed by atoms with Crippen molar-refractivity contribution in [3.05, 3.63) is 114 Å². The van der Waals surface area contributed by atoms with Crippen LogP contribution < -0.4 is 10.6 Å². The average molecular weight is 485 g/mol. The van der Waals surface area contributed by atoms with Gasteiger partial charge in [-0.15, -0.1) is 11.8 Å². The van der Waals surface area contributed by atoms with Crippen LogP contribution in [0.2, 0.25) is 0 Å². The largest absolute Gasteiger partial charge is 0.383 e. The topological polar surface area (TPSA) is 81.3 Å². The molecule has 2 N–H and O–H groups in total. The van der Waals surface area contributed by atoms with Crippen molar-refractivity contribution in [2.75, 3.05) is 30.0 Å². The van der Waals surface area contributed by atoms with Crippen LogP contribution in [-0.2, 0) is 4.74 Å². The fourth-order valence-corrected chi connectivity index (χ4v) is 4.68. The lowest BCUT2D eigenvalue weighted by Crippen LogP contribution is -2.28. The molecule has 0 aliphatic rings. The van der Waals surface area contributed by atoms with Crippen LogP contribution in [0, 0.1) is 6.92 Å². The summed E-state index contributed by atoms with van der Waals surface area (Å²) < 4.78 is 6.35. The Labute approximate surface area is 210 Å². The SMILES string of the molecule is Cc1ncc(C(=O)N(C)c2ccccc2SCCOC(c2ccccc2)c2ccccc2)c(N)n1. The van der Waals surface area contributed by atoms with Crippen molar-refractivity contribution in [2.24, 2.45) is 0 Å². The van der Waals surface area contributed by atoms with Gasteiger partial charge in [0.1, 0.15) is 23.3 Å². The van der Waals surface area contributed by atoms with E-state index in [9.17, 15) is 4.79 Å². The Morgan fingerprint density at radius 1 is 0.971 bits per heavy atom. The highest BCUT2D eigenvalue weighted by molar-refractivity contribution is 7.99. The van der Waals surface area contributed by atoms with E-state index < -0.39 is 0 Å². The highest BCUT2D eigenvalue weighted by atomic mass is 32.2. The Morgan fingerprint density at radius 3 is 2.20 bits per heavy atom. The van der Waals surface area contributed by atoms with Crippen molar-refractivity contribution in [2.45, 2.75) is 17.9 Å². The van der Waals surface area contributed by atoms with E-state index in [1.54, 1.807) is 30.6 Å². The number of amides is 1. The predicted molar refractivity (Wildman–Crippen MR) is 142 cm³/mol. The smallest absolute Gasteiger partial charge is 0.263 e. The molecular weight excluding hydrogens is 456 g/mol. The number of hydrogen-bond acceptors (Lipinski definition) is 6. The van der Waals surface area contributed by atoms with Crippen LogP contribution in [0.1, 0.15) is 33.4 Å². The molecule has 178 valence electrons. The molecule has 0 aliphatic carbocycles. The molecule has 0 atom stereocenters. The number of aryl methyl sites for hydroxylation is 1. The molecule has 0 aliphatic heterocycles. The lowest BCUT2D eigenvalue weighted by Gasteiger charge is -2.22. The average Bonchev–Trinajstić information content (AvgIpc) is 2.89. The number of rotatable bonds is 9. The molecule has 1 aromatic heterocycles. The van der Waals surface area contributed by atoms with E-state index in [-0.39, 0.29) is 23.4 Å². The number of hydrogen-bond donors (Lipinski definition) is 1. The van der Waals surface area contributed by atoms with Gasteiger partial charge < -0.3 is 15.4 Å². The van der Waals surface area contributed by atoms with Gasteiger partial charge in [0.25, 0.3) is 5.91 Å². The summed E-state index contributed by atoms with van der Waals surface area (Å²) in [6, 6.07) is 28.3. The molecule has 1 amide bonds. The summed E-state index contributed by atoms with van der Waals surface area (Å²) in [5, 5.41) is 0. The summed E-state index contributed by atoms with van der Waals surface area (Å²) in [4.78, 5) is 23.9. The van der Waals surface area contributed by atoms with Gasteiger partial charge in [-0.2, -0.15) is 0 Å². The summed E-state index contributed by atoms with van der Waals surface area (Å²) in [5.41, 5.74) is 9.30. The number of nitrogens with two attached hydrogens (primary N) is 1. The first-order valence-electron chi connectivity index (χ1n) is 11.3. The van der Waals surface area contributed by atoms with Crippen LogP contribution >= 0.6 is 11.8 Å². The Balaban J connectivity index is 1.44. The Bertz CT molecular complexity index is 1230. The van der Waals surface area contributed by atoms with Gasteiger partial charge in [-0.3, -0.25) is 4.79 Å². The van der Waals surface area contributed by atoms with Crippen molar-refractivity contribution in [1.82, 2.24) is 9.97 Å². The maximum atomic E-state index is 13.1. The molecule has 0 saturated heterocycles. The first-order valence-corrected chi connectivity index (χ1v) is 12.3. The van der Waals surface area contributed by atoms with Crippen LogP contribution in [0.5, 0.6) is 0 Å². The number of anilines is 2. The minimum absolute atomic E-state index is 0.137. The van der Waals surface area contributed by atoms with Gasteiger partial charge in [-0.1, -0.05) is 72.8 Å². The van der Waals surface area contributed by atoms with E-state index in [1.165, 1.54) is 6.20 Å². The molecule has 35 heavy (non-hydrogen) atoms. The molecule has 0 radical (unpaired) electrons. The summed E-state index contributed by atoms with van der Waals surface area (Å²) in [7, 11) is 1.73. The highest BCUT2D eigenvalue weighted by Gasteiger charge is 2.20. The zero-order valence-corrected chi connectivity index (χ0v) is 20.6. The number of thioether (sulfide) groups is 1. The lowest BCUT2D eigenvalue weighted by atomic mass is 10.0. The Kier molecular flexibility index (Phi) is 8.13. The third kappa shape index (κ3) is 6.07. The highest BCUT2D eigenvalue weighted by Crippen LogP contribution is 2.32. The van der Waals surface area contributed by atoms with E-state index in [0.717, 1.165) is 27.5 Å². The maximum Gasteiger partial charge on any atom is 0.263 e. The Hall–Kier alpha value is -3.68. The third-order valence-corrected chi connectivity index (χ3v) is 6.56. The fourth-order valence-electron chi connectivity index (χ4n) is 3.76. The van der Waals surface area contributed by atoms with Crippen molar-refractivity contribution < 1.29 is 9.53 Å². The molecule has 4 rings (SSSR count). The second-order valence-electron chi connectivity index (χ2n) is 7.97. The van der Waals surface area contributed by atoms with E-state index in [1.807, 2.05) is 60.7 Å². The van der Waals surface area contributed by atoms with Crippen molar-refractivity contribution in [3.63, 3.8) is 0 Å². The monoisotopic (exact) mass is 484 g/mol. The number of carbonyl (C=O) groups excluding carboxylic acids is 1. The van der Waals surface area contributed by atoms with Gasteiger partial charge in [0, 0.05) is 23.9 Å². The molecule has 3 aromatic carbocycles. The molecular formula is C28H28N4O2S. The summed E-state index contributed by atoms with van der Waals surface area (Å²) in [5.74, 6) is 1.19. The van der Waals surface area contributed by atoms with Crippen molar-refractivity contribution >= 4 is 29.2 Å². The second-order valence-corrected chi connectivity index (χ2v) is 9.11. The number of benzene rings is 3. The number of ether oxygens (including phenoxy) is 1. The van der Waals surface area contributed by atoms with Gasteiger partial charge in [-0.25, -0.2) is 9.97 Å². The maximum absolute atomic E-state index is 13.1. The molecule has 1 heterocycles. The van der Waals surface area contributed by atoms with Gasteiger partial charge >= 0.3 is 0 Å². The predicted octanol–water partition coefficient (Wildman–Crippen LogP) is 5.54. The molecule has 0 bridgehead atoms. The second kappa shape index (κ2) is 11.6. The number of nitrogens with zero attached hydrogens (tertiary/aromatic N) is 3. The van der Waals surface area contributed by atoms with Crippen LogP contribution in [0.4, 0.5) is 11.5 Å². The molecule has 0 fully saturated rings. The zero-order chi connectivity index (χ0) is 24.6. The summed E-state index contributed by atoms with van der Waals surface area (Å²) >= 11 is 1.65. The van der Waals surface area contributed by atoms with Crippen LogP contribution in [0.3, 0.4) is 0 Å². The lowest BCUT2D eigenvalue weighted by molar-refractivity contribution is 0.0935. The number of para-hydroxylation sites is 1. The molecule has 6 nitrogen and oxygen atoms in total. The Morgan fingerprint density at radius 2 is 1.57 bits per heavy atom. The van der Waals surface area contributed by atoms with E-state index in [0.29, 0.717) is 12.4 Å². The quantitative estimate of drug-likeness (QED) is 0.248. The van der Waals surface area contributed by atoms with Crippen LogP contribution in [-0.4, -0.2) is 35.3 Å². The third-order valence-electron chi connectivity index (χ3n) is 5.53. The van der Waals surface area contributed by atoms with Crippen LogP contribution in [0.25, 0.3) is 0 Å². The van der Waals surface area contributed by atoms with Crippen LogP contribution in [0.15, 0.2) is 96.0 Å². The fraction of sp³-hybridized carbons (Fsp3) is 0.179. The van der Waals surface area contributed by atoms with Gasteiger partial charge in [-0.05, 0) is 30.2 Å². The first-order chi connectivity index (χ1) is 17.0. The number of aromatic nitrogens is 2. The van der Waals surface area contributed by atoms with E-state index >= 15 is 0 Å². The van der Waals surface area contributed by atoms with E-state index in [2.05, 4.69) is 34.2 Å². The standard InChI is InChI=1S/C28H28N4O2S/c1-20-30-19-23(27(29)31-20)28(33)32(2)24-15-9-10-16-25(24)35-18-17-34-26(21-11-5-3-6-12-21)22-13-7-4-8-14-22/h3-16,19,26H,17-18H2,1-2H3,(H2,29,30,31). The zero-order valence-electron chi connectivity index (χ0n) is 19.8. The van der Waals surface area contributed by atoms with Crippen molar-refractivity contribution in [1.29, 1.82) is 0 Å². The minimum atomic E-state index is -0.250.